The Balaban J connectivity index is 2.64. The third-order valence-corrected chi connectivity index (χ3v) is 3.63. The average molecular weight is 305 g/mol. The molecule has 0 aromatic heterocycles. The molecule has 2 atom stereocenters. The van der Waals surface area contributed by atoms with Gasteiger partial charge in [0.2, 0.25) is 17.7 Å². The zero-order valence-corrected chi connectivity index (χ0v) is 12.3. The fourth-order valence-electron chi connectivity index (χ4n) is 2.05. The van der Waals surface area contributed by atoms with Crippen LogP contribution in [0, 0.1) is 0 Å². The zero-order valence-electron chi connectivity index (χ0n) is 10.5. The van der Waals surface area contributed by atoms with Gasteiger partial charge in [-0.2, -0.15) is 25.3 Å². The largest absolute Gasteiger partial charge is 0.368 e. The van der Waals surface area contributed by atoms with E-state index >= 15 is 0 Å². The van der Waals surface area contributed by atoms with Crippen molar-refractivity contribution in [2.24, 2.45) is 5.73 Å². The minimum atomic E-state index is -0.807. The lowest BCUT2D eigenvalue weighted by Crippen LogP contribution is -2.53. The summed E-state index contributed by atoms with van der Waals surface area (Å²) in [5.74, 6) is -0.477. The Kier molecular flexibility index (Phi) is 6.50. The predicted octanol–water partition coefficient (Wildman–Crippen LogP) is -0.803. The molecule has 0 aromatic carbocycles. The second-order valence-corrected chi connectivity index (χ2v) is 5.18. The molecule has 0 radical (unpaired) electrons. The fraction of sp³-hybridized carbons (Fsp3) is 0.727. The maximum absolute atomic E-state index is 12.1. The number of rotatable bonds is 6. The van der Waals surface area contributed by atoms with E-state index in [9.17, 15) is 14.4 Å². The summed E-state index contributed by atoms with van der Waals surface area (Å²) >= 11 is 7.97. The molecule has 0 saturated carbocycles. The number of amides is 3. The normalized spacial score (nSPS) is 20.1. The van der Waals surface area contributed by atoms with Gasteiger partial charge in [0.1, 0.15) is 12.1 Å². The topological polar surface area (TPSA) is 92.5 Å². The van der Waals surface area contributed by atoms with Crippen molar-refractivity contribution in [3.8, 4) is 0 Å². The number of hydrogen-bond acceptors (Lipinski definition) is 5. The Bertz CT molecular complexity index is 365. The number of primary amides is 1. The van der Waals surface area contributed by atoms with Crippen LogP contribution in [0.25, 0.3) is 0 Å². The standard InChI is InChI=1S/C11H19N3O3S2/c12-10(16)7(6-19)13-11(17)8-2-1-4-14(8)9(15)3-5-18/h7-8,18-19H,1-6H2,(H2,12,16)(H,13,17). The van der Waals surface area contributed by atoms with E-state index in [4.69, 9.17) is 5.73 Å². The maximum Gasteiger partial charge on any atom is 0.243 e. The Morgan fingerprint density at radius 1 is 1.37 bits per heavy atom. The van der Waals surface area contributed by atoms with Gasteiger partial charge in [-0.05, 0) is 18.6 Å². The van der Waals surface area contributed by atoms with E-state index in [0.29, 0.717) is 25.1 Å². The number of nitrogens with one attached hydrogen (secondary N) is 1. The van der Waals surface area contributed by atoms with Crippen LogP contribution in [-0.2, 0) is 14.4 Å². The van der Waals surface area contributed by atoms with Gasteiger partial charge < -0.3 is 16.0 Å². The van der Waals surface area contributed by atoms with Crippen LogP contribution in [0.4, 0.5) is 0 Å². The van der Waals surface area contributed by atoms with E-state index in [1.807, 2.05) is 0 Å². The van der Waals surface area contributed by atoms with Crippen molar-refractivity contribution in [3.63, 3.8) is 0 Å². The molecule has 1 heterocycles. The summed E-state index contributed by atoms with van der Waals surface area (Å²) in [4.78, 5) is 36.5. The number of nitrogens with two attached hydrogens (primary N) is 1. The van der Waals surface area contributed by atoms with E-state index < -0.39 is 18.0 Å². The summed E-state index contributed by atoms with van der Waals surface area (Å²) in [6.07, 6.45) is 1.68. The highest BCUT2D eigenvalue weighted by molar-refractivity contribution is 7.80. The maximum atomic E-state index is 12.1. The summed E-state index contributed by atoms with van der Waals surface area (Å²) in [7, 11) is 0. The number of thiol groups is 2. The Morgan fingerprint density at radius 2 is 2.05 bits per heavy atom. The molecule has 2 unspecified atom stereocenters. The number of nitrogens with zero attached hydrogens (tertiary/aromatic N) is 1. The monoisotopic (exact) mass is 305 g/mol. The van der Waals surface area contributed by atoms with Crippen LogP contribution in [0.1, 0.15) is 19.3 Å². The third-order valence-electron chi connectivity index (χ3n) is 3.04. The summed E-state index contributed by atoms with van der Waals surface area (Å²) < 4.78 is 0. The molecule has 1 saturated heterocycles. The van der Waals surface area contributed by atoms with Crippen LogP contribution in [0.2, 0.25) is 0 Å². The lowest BCUT2D eigenvalue weighted by atomic mass is 10.2. The minimum absolute atomic E-state index is 0.0888. The molecule has 0 spiro atoms. The summed E-state index contributed by atoms with van der Waals surface area (Å²) in [5.41, 5.74) is 5.14. The van der Waals surface area contributed by atoms with E-state index in [1.54, 1.807) is 4.90 Å². The van der Waals surface area contributed by atoms with E-state index in [0.717, 1.165) is 6.42 Å². The molecule has 8 heteroatoms. The summed E-state index contributed by atoms with van der Waals surface area (Å²) in [6.45, 7) is 0.562. The van der Waals surface area contributed by atoms with Crippen LogP contribution < -0.4 is 11.1 Å². The van der Waals surface area contributed by atoms with E-state index in [-0.39, 0.29) is 17.6 Å². The van der Waals surface area contributed by atoms with Gasteiger partial charge in [-0.1, -0.05) is 0 Å². The van der Waals surface area contributed by atoms with Crippen molar-refractivity contribution in [1.82, 2.24) is 10.2 Å². The van der Waals surface area contributed by atoms with Gasteiger partial charge in [-0.15, -0.1) is 0 Å². The van der Waals surface area contributed by atoms with E-state index in [1.165, 1.54) is 0 Å². The van der Waals surface area contributed by atoms with Crippen molar-refractivity contribution >= 4 is 43.0 Å². The van der Waals surface area contributed by atoms with Crippen LogP contribution in [0.15, 0.2) is 0 Å². The van der Waals surface area contributed by atoms with Gasteiger partial charge >= 0.3 is 0 Å². The highest BCUT2D eigenvalue weighted by Crippen LogP contribution is 2.18. The van der Waals surface area contributed by atoms with E-state index in [2.05, 4.69) is 30.6 Å². The average Bonchev–Trinajstić information content (AvgIpc) is 2.84. The third kappa shape index (κ3) is 4.31. The molecule has 3 N–H and O–H groups in total. The molecule has 1 aliphatic heterocycles. The number of carbonyl (C=O) groups excluding carboxylic acids is 3. The van der Waals surface area contributed by atoms with Crippen molar-refractivity contribution < 1.29 is 14.4 Å². The van der Waals surface area contributed by atoms with Gasteiger partial charge in [0.25, 0.3) is 0 Å². The Morgan fingerprint density at radius 3 is 2.58 bits per heavy atom. The molecule has 1 aliphatic rings. The molecule has 19 heavy (non-hydrogen) atoms. The SMILES string of the molecule is NC(=O)C(CS)NC(=O)C1CCCN1C(=O)CCS. The van der Waals surface area contributed by atoms with Crippen LogP contribution >= 0.6 is 25.3 Å². The van der Waals surface area contributed by atoms with Crippen LogP contribution in [0.5, 0.6) is 0 Å². The smallest absolute Gasteiger partial charge is 0.243 e. The molecule has 3 amide bonds. The van der Waals surface area contributed by atoms with Gasteiger partial charge in [0.05, 0.1) is 0 Å². The first-order valence-corrected chi connectivity index (χ1v) is 7.38. The molecule has 108 valence electrons. The van der Waals surface area contributed by atoms with Crippen molar-refractivity contribution in [2.45, 2.75) is 31.3 Å². The quantitative estimate of drug-likeness (QED) is 0.484. The molecule has 0 aliphatic carbocycles. The molecule has 0 aromatic rings. The van der Waals surface area contributed by atoms with Crippen molar-refractivity contribution in [2.75, 3.05) is 18.1 Å². The van der Waals surface area contributed by atoms with Crippen molar-refractivity contribution in [3.05, 3.63) is 0 Å². The first-order chi connectivity index (χ1) is 9.01. The Hall–Kier alpha value is -0.890. The highest BCUT2D eigenvalue weighted by Gasteiger charge is 2.34. The van der Waals surface area contributed by atoms with Gasteiger partial charge in [-0.25, -0.2) is 0 Å². The van der Waals surface area contributed by atoms with Crippen LogP contribution in [-0.4, -0.2) is 52.8 Å². The van der Waals surface area contributed by atoms with Crippen LogP contribution in [0.3, 0.4) is 0 Å². The zero-order chi connectivity index (χ0) is 14.4. The molecular formula is C11H19N3O3S2. The molecule has 1 rings (SSSR count). The van der Waals surface area contributed by atoms with Gasteiger partial charge in [-0.3, -0.25) is 14.4 Å². The molecular weight excluding hydrogens is 286 g/mol. The van der Waals surface area contributed by atoms with Gasteiger partial charge in [0, 0.05) is 18.7 Å². The molecule has 1 fully saturated rings. The lowest BCUT2D eigenvalue weighted by molar-refractivity contribution is -0.138. The fourth-order valence-corrected chi connectivity index (χ4v) is 2.51. The lowest BCUT2D eigenvalue weighted by Gasteiger charge is -2.25. The second kappa shape index (κ2) is 7.64. The summed E-state index contributed by atoms with van der Waals surface area (Å²) in [6, 6.07) is -1.33. The predicted molar refractivity (Wildman–Crippen MR) is 78.2 cm³/mol. The highest BCUT2D eigenvalue weighted by atomic mass is 32.1. The molecule has 0 bridgehead atoms. The number of likely N-dealkylation sites (tertiary alicyclic amines) is 1. The first-order valence-electron chi connectivity index (χ1n) is 6.12. The van der Waals surface area contributed by atoms with Crippen molar-refractivity contribution in [1.29, 1.82) is 0 Å². The second-order valence-electron chi connectivity index (χ2n) is 4.36. The minimum Gasteiger partial charge on any atom is -0.368 e. The Labute approximate surface area is 123 Å². The number of carbonyl (C=O) groups is 3. The summed E-state index contributed by atoms with van der Waals surface area (Å²) in [5, 5.41) is 2.53. The molecule has 6 nitrogen and oxygen atoms in total. The number of hydrogen-bond donors (Lipinski definition) is 4. The van der Waals surface area contributed by atoms with Gasteiger partial charge in [0.15, 0.2) is 0 Å². The first kappa shape index (κ1) is 16.2.